The second-order valence-electron chi connectivity index (χ2n) is 4.39. The highest BCUT2D eigenvalue weighted by molar-refractivity contribution is 5.36. The van der Waals surface area contributed by atoms with Gasteiger partial charge in [0.2, 0.25) is 0 Å². The van der Waals surface area contributed by atoms with Gasteiger partial charge in [0, 0.05) is 0 Å². The van der Waals surface area contributed by atoms with Crippen molar-refractivity contribution in [1.82, 2.24) is 5.43 Å². The van der Waals surface area contributed by atoms with E-state index in [9.17, 15) is 22.0 Å². The van der Waals surface area contributed by atoms with Gasteiger partial charge in [0.25, 0.3) is 0 Å². The second-order valence-corrected chi connectivity index (χ2v) is 4.39. The molecule has 0 aliphatic rings. The first kappa shape index (κ1) is 15.4. The first-order valence-electron chi connectivity index (χ1n) is 5.91. The number of nitrogens with one attached hydrogen (secondary N) is 1. The Morgan fingerprint density at radius 3 is 2.19 bits per heavy atom. The van der Waals surface area contributed by atoms with Gasteiger partial charge in [-0.25, -0.2) is 14.2 Å². The maximum Gasteiger partial charge on any atom is 0.419 e. The predicted octanol–water partition coefficient (Wildman–Crippen LogP) is 3.54. The number of halogens is 5. The van der Waals surface area contributed by atoms with Crippen LogP contribution >= 0.6 is 0 Å². The fourth-order valence-electron chi connectivity index (χ4n) is 2.01. The maximum atomic E-state index is 13.3. The van der Waals surface area contributed by atoms with Crippen LogP contribution in [0, 0.1) is 11.6 Å². The Morgan fingerprint density at radius 1 is 0.952 bits per heavy atom. The Balaban J connectivity index is 2.49. The molecule has 0 radical (unpaired) electrons. The zero-order valence-corrected chi connectivity index (χ0v) is 10.6. The zero-order chi connectivity index (χ0) is 15.6. The molecule has 2 aromatic carbocycles. The van der Waals surface area contributed by atoms with Crippen molar-refractivity contribution < 1.29 is 22.0 Å². The molecule has 0 saturated carbocycles. The molecule has 3 N–H and O–H groups in total. The summed E-state index contributed by atoms with van der Waals surface area (Å²) in [6.07, 6.45) is -4.82. The van der Waals surface area contributed by atoms with Gasteiger partial charge >= 0.3 is 6.18 Å². The Kier molecular flexibility index (Phi) is 4.24. The van der Waals surface area contributed by atoms with Crippen molar-refractivity contribution in [3.05, 3.63) is 70.8 Å². The van der Waals surface area contributed by atoms with Gasteiger partial charge in [0.05, 0.1) is 11.6 Å². The molecule has 2 rings (SSSR count). The second kappa shape index (κ2) is 5.79. The minimum Gasteiger partial charge on any atom is -0.271 e. The third kappa shape index (κ3) is 3.37. The van der Waals surface area contributed by atoms with Crippen molar-refractivity contribution in [1.29, 1.82) is 0 Å². The fourth-order valence-corrected chi connectivity index (χ4v) is 2.01. The van der Waals surface area contributed by atoms with Gasteiger partial charge in [0.15, 0.2) is 0 Å². The number of alkyl halides is 3. The van der Waals surface area contributed by atoms with Gasteiger partial charge in [-0.05, 0) is 35.4 Å². The molecule has 0 aliphatic heterocycles. The predicted molar refractivity (Wildman–Crippen MR) is 67.0 cm³/mol. The first-order chi connectivity index (χ1) is 9.82. The quantitative estimate of drug-likeness (QED) is 0.517. The summed E-state index contributed by atoms with van der Waals surface area (Å²) in [4.78, 5) is 0. The van der Waals surface area contributed by atoms with E-state index in [1.807, 2.05) is 0 Å². The van der Waals surface area contributed by atoms with E-state index in [0.717, 1.165) is 6.07 Å². The van der Waals surface area contributed by atoms with Crippen molar-refractivity contribution in [2.45, 2.75) is 12.2 Å². The highest BCUT2D eigenvalue weighted by atomic mass is 19.4. The van der Waals surface area contributed by atoms with Crippen LogP contribution in [0.5, 0.6) is 0 Å². The molecule has 1 atom stereocenters. The zero-order valence-electron chi connectivity index (χ0n) is 10.6. The van der Waals surface area contributed by atoms with E-state index < -0.39 is 29.4 Å². The van der Waals surface area contributed by atoms with E-state index >= 15 is 0 Å². The number of rotatable bonds is 3. The SMILES string of the molecule is NNC(c1cccc(F)c1)c1ccc(F)c(C(F)(F)F)c1. The summed E-state index contributed by atoms with van der Waals surface area (Å²) >= 11 is 0. The van der Waals surface area contributed by atoms with Crippen LogP contribution in [-0.4, -0.2) is 0 Å². The number of hydrogen-bond acceptors (Lipinski definition) is 2. The Labute approximate surface area is 117 Å². The van der Waals surface area contributed by atoms with Crippen molar-refractivity contribution in [2.75, 3.05) is 0 Å². The third-order valence-corrected chi connectivity index (χ3v) is 2.98. The van der Waals surface area contributed by atoms with Crippen LogP contribution < -0.4 is 11.3 Å². The van der Waals surface area contributed by atoms with Crippen LogP contribution in [0.15, 0.2) is 42.5 Å². The summed E-state index contributed by atoms with van der Waals surface area (Å²) in [6, 6.07) is 6.90. The van der Waals surface area contributed by atoms with Gasteiger partial charge < -0.3 is 0 Å². The van der Waals surface area contributed by atoms with Gasteiger partial charge in [-0.1, -0.05) is 18.2 Å². The summed E-state index contributed by atoms with van der Waals surface area (Å²) in [7, 11) is 0. The molecule has 0 fully saturated rings. The molecule has 2 nitrogen and oxygen atoms in total. The lowest BCUT2D eigenvalue weighted by Crippen LogP contribution is -2.29. The monoisotopic (exact) mass is 302 g/mol. The van der Waals surface area contributed by atoms with Crippen molar-refractivity contribution in [3.63, 3.8) is 0 Å². The smallest absolute Gasteiger partial charge is 0.271 e. The Morgan fingerprint density at radius 2 is 1.62 bits per heavy atom. The van der Waals surface area contributed by atoms with Crippen LogP contribution in [0.1, 0.15) is 22.7 Å². The molecule has 0 bridgehead atoms. The summed E-state index contributed by atoms with van der Waals surface area (Å²) in [6.45, 7) is 0. The highest BCUT2D eigenvalue weighted by Crippen LogP contribution is 2.34. The standard InChI is InChI=1S/C14H11F5N2/c15-10-3-1-2-8(6-10)13(21-20)9-4-5-12(16)11(7-9)14(17,18)19/h1-7,13,21H,20H2. The number of nitrogens with two attached hydrogens (primary N) is 1. The topological polar surface area (TPSA) is 38.0 Å². The largest absolute Gasteiger partial charge is 0.419 e. The molecular formula is C14H11F5N2. The van der Waals surface area contributed by atoms with E-state index in [1.54, 1.807) is 0 Å². The van der Waals surface area contributed by atoms with Crippen LogP contribution in [0.4, 0.5) is 22.0 Å². The summed E-state index contributed by atoms with van der Waals surface area (Å²) < 4.78 is 64.6. The minimum absolute atomic E-state index is 0.0804. The van der Waals surface area contributed by atoms with Gasteiger partial charge in [-0.3, -0.25) is 5.84 Å². The van der Waals surface area contributed by atoms with Crippen molar-refractivity contribution in [3.8, 4) is 0 Å². The molecule has 0 heterocycles. The minimum atomic E-state index is -4.82. The number of hydrazine groups is 1. The average Bonchev–Trinajstić information content (AvgIpc) is 2.40. The van der Waals surface area contributed by atoms with Crippen molar-refractivity contribution in [2.24, 2.45) is 5.84 Å². The first-order valence-corrected chi connectivity index (χ1v) is 5.91. The maximum absolute atomic E-state index is 13.3. The molecule has 0 spiro atoms. The molecule has 0 aliphatic carbocycles. The van der Waals surface area contributed by atoms with Gasteiger partial charge in [0.1, 0.15) is 11.6 Å². The number of hydrogen-bond donors (Lipinski definition) is 2. The normalized spacial score (nSPS) is 13.2. The van der Waals surface area contributed by atoms with Crippen LogP contribution in [0.3, 0.4) is 0 Å². The van der Waals surface area contributed by atoms with E-state index in [2.05, 4.69) is 5.43 Å². The molecule has 0 amide bonds. The Bertz CT molecular complexity index is 640. The molecule has 0 aromatic heterocycles. The molecule has 0 saturated heterocycles. The lowest BCUT2D eigenvalue weighted by atomic mass is 9.97. The van der Waals surface area contributed by atoms with E-state index in [0.29, 0.717) is 17.7 Å². The third-order valence-electron chi connectivity index (χ3n) is 2.98. The summed E-state index contributed by atoms with van der Waals surface area (Å²) in [5.74, 6) is 3.41. The van der Waals surface area contributed by atoms with E-state index in [4.69, 9.17) is 5.84 Å². The molecule has 2 aromatic rings. The lowest BCUT2D eigenvalue weighted by Gasteiger charge is -2.19. The summed E-state index contributed by atoms with van der Waals surface area (Å²) in [5, 5.41) is 0. The van der Waals surface area contributed by atoms with Crippen LogP contribution in [0.2, 0.25) is 0 Å². The molecule has 7 heteroatoms. The highest BCUT2D eigenvalue weighted by Gasteiger charge is 2.34. The van der Waals surface area contributed by atoms with Gasteiger partial charge in [-0.15, -0.1) is 0 Å². The van der Waals surface area contributed by atoms with Crippen molar-refractivity contribution >= 4 is 0 Å². The summed E-state index contributed by atoms with van der Waals surface area (Å²) in [5.41, 5.74) is 1.32. The molecule has 1 unspecified atom stereocenters. The average molecular weight is 302 g/mol. The molecular weight excluding hydrogens is 291 g/mol. The fraction of sp³-hybridized carbons (Fsp3) is 0.143. The Hall–Kier alpha value is -1.99. The van der Waals surface area contributed by atoms with Crippen LogP contribution in [-0.2, 0) is 6.18 Å². The lowest BCUT2D eigenvalue weighted by molar-refractivity contribution is -0.140. The molecule has 21 heavy (non-hydrogen) atoms. The van der Waals surface area contributed by atoms with E-state index in [-0.39, 0.29) is 5.56 Å². The van der Waals surface area contributed by atoms with E-state index in [1.165, 1.54) is 24.3 Å². The van der Waals surface area contributed by atoms with Gasteiger partial charge in [-0.2, -0.15) is 13.2 Å². The van der Waals surface area contributed by atoms with Crippen LogP contribution in [0.25, 0.3) is 0 Å². The molecule has 112 valence electrons. The number of benzene rings is 2.